The predicted octanol–water partition coefficient (Wildman–Crippen LogP) is 1.31. The largest absolute Gasteiger partial charge is 0.435 e. The second kappa shape index (κ2) is 7.75. The minimum Gasteiger partial charge on any atom is -0.435 e. The average Bonchev–Trinajstić information content (AvgIpc) is 3.33. The molecule has 9 nitrogen and oxygen atoms in total. The molecule has 0 spiro atoms. The zero-order chi connectivity index (χ0) is 19.7. The van der Waals surface area contributed by atoms with Crippen molar-refractivity contribution in [3.05, 3.63) is 35.4 Å². The van der Waals surface area contributed by atoms with Crippen LogP contribution in [0.3, 0.4) is 0 Å². The fraction of sp³-hybridized carbons (Fsp3) is 0.579. The first kappa shape index (κ1) is 18.7. The number of carbonyl (C=O) groups is 2. The van der Waals surface area contributed by atoms with Gasteiger partial charge in [-0.15, -0.1) is 0 Å². The van der Waals surface area contributed by atoms with Crippen LogP contribution in [0.5, 0.6) is 0 Å². The van der Waals surface area contributed by atoms with Gasteiger partial charge in [0.2, 0.25) is 11.7 Å². The van der Waals surface area contributed by atoms with E-state index in [1.807, 2.05) is 13.0 Å². The molecule has 0 saturated carbocycles. The summed E-state index contributed by atoms with van der Waals surface area (Å²) in [4.78, 5) is 32.7. The molecule has 4 rings (SSSR count). The van der Waals surface area contributed by atoms with E-state index in [4.69, 9.17) is 8.94 Å². The second-order valence-corrected chi connectivity index (χ2v) is 7.51. The van der Waals surface area contributed by atoms with E-state index in [9.17, 15) is 9.59 Å². The summed E-state index contributed by atoms with van der Waals surface area (Å²) in [5.74, 6) is 1.45. The van der Waals surface area contributed by atoms with Gasteiger partial charge in [-0.05, 0) is 39.8 Å². The molecule has 0 aromatic carbocycles. The van der Waals surface area contributed by atoms with E-state index in [-0.39, 0.29) is 23.5 Å². The number of aromatic nitrogens is 2. The second-order valence-electron chi connectivity index (χ2n) is 7.51. The van der Waals surface area contributed by atoms with Gasteiger partial charge in [-0.2, -0.15) is 0 Å². The maximum absolute atomic E-state index is 12.7. The topological polar surface area (TPSA) is 105 Å². The van der Waals surface area contributed by atoms with Crippen LogP contribution in [0.4, 0.5) is 0 Å². The maximum atomic E-state index is 12.7. The molecule has 0 aliphatic carbocycles. The molecule has 2 fully saturated rings. The number of oxazole rings is 1. The third kappa shape index (κ3) is 3.80. The summed E-state index contributed by atoms with van der Waals surface area (Å²) in [6.45, 7) is 7.12. The lowest BCUT2D eigenvalue weighted by molar-refractivity contribution is -0.127. The number of amides is 2. The molecule has 2 aromatic rings. The first-order chi connectivity index (χ1) is 13.5. The lowest BCUT2D eigenvalue weighted by Gasteiger charge is -2.32. The third-order valence-corrected chi connectivity index (χ3v) is 5.49. The van der Waals surface area contributed by atoms with Crippen molar-refractivity contribution in [3.63, 3.8) is 0 Å². The van der Waals surface area contributed by atoms with Crippen LogP contribution in [0, 0.1) is 6.92 Å². The Morgan fingerprint density at radius 1 is 1.32 bits per heavy atom. The van der Waals surface area contributed by atoms with E-state index in [0.29, 0.717) is 19.0 Å². The van der Waals surface area contributed by atoms with Gasteiger partial charge < -0.3 is 19.2 Å². The summed E-state index contributed by atoms with van der Waals surface area (Å²) in [6.07, 6.45) is 3.30. The van der Waals surface area contributed by atoms with Gasteiger partial charge in [0.15, 0.2) is 11.7 Å². The van der Waals surface area contributed by atoms with Crippen molar-refractivity contribution >= 4 is 11.8 Å². The lowest BCUT2D eigenvalue weighted by Crippen LogP contribution is -2.55. The number of hydrogen-bond donors (Lipinski definition) is 1. The molecule has 2 aliphatic heterocycles. The number of hydrogen-bond acceptors (Lipinski definition) is 7. The summed E-state index contributed by atoms with van der Waals surface area (Å²) in [7, 11) is 0. The Kier molecular flexibility index (Phi) is 5.17. The summed E-state index contributed by atoms with van der Waals surface area (Å²) >= 11 is 0. The molecule has 1 unspecified atom stereocenters. The van der Waals surface area contributed by atoms with Crippen LogP contribution in [0.25, 0.3) is 0 Å². The smallest absolute Gasteiger partial charge is 0.292 e. The standard InChI is InChI=1S/C19H25N5O4/c1-12-9-15(28-22-12)11-23-6-3-14(4-7-23)18-21-10-16(27-18)19(26)24-8-5-20-17(25)13(24)2/h9-10,13-14H,3-8,11H2,1-2H3,(H,20,25). The van der Waals surface area contributed by atoms with Crippen LogP contribution < -0.4 is 5.32 Å². The number of aryl methyl sites for hydroxylation is 1. The highest BCUT2D eigenvalue weighted by molar-refractivity contribution is 5.95. The Morgan fingerprint density at radius 2 is 2.11 bits per heavy atom. The van der Waals surface area contributed by atoms with Crippen LogP contribution >= 0.6 is 0 Å². The molecule has 2 aliphatic rings. The highest BCUT2D eigenvalue weighted by atomic mass is 16.5. The Labute approximate surface area is 163 Å². The van der Waals surface area contributed by atoms with Crippen molar-refractivity contribution in [2.75, 3.05) is 26.2 Å². The first-order valence-electron chi connectivity index (χ1n) is 9.70. The van der Waals surface area contributed by atoms with E-state index in [2.05, 4.69) is 20.4 Å². The van der Waals surface area contributed by atoms with E-state index in [0.717, 1.165) is 43.9 Å². The fourth-order valence-corrected chi connectivity index (χ4v) is 3.83. The van der Waals surface area contributed by atoms with Crippen LogP contribution in [0.15, 0.2) is 21.2 Å². The molecule has 4 heterocycles. The predicted molar refractivity (Wildman–Crippen MR) is 98.5 cm³/mol. The lowest BCUT2D eigenvalue weighted by atomic mass is 9.97. The number of nitrogens with one attached hydrogen (secondary N) is 1. The van der Waals surface area contributed by atoms with Crippen molar-refractivity contribution in [2.45, 2.75) is 45.2 Å². The van der Waals surface area contributed by atoms with Crippen molar-refractivity contribution in [1.82, 2.24) is 25.3 Å². The molecule has 2 saturated heterocycles. The molecule has 28 heavy (non-hydrogen) atoms. The van der Waals surface area contributed by atoms with Gasteiger partial charge in [-0.1, -0.05) is 5.16 Å². The van der Waals surface area contributed by atoms with Crippen molar-refractivity contribution in [3.8, 4) is 0 Å². The molecule has 2 aromatic heterocycles. The van der Waals surface area contributed by atoms with Gasteiger partial charge >= 0.3 is 0 Å². The van der Waals surface area contributed by atoms with E-state index < -0.39 is 6.04 Å². The highest BCUT2D eigenvalue weighted by Gasteiger charge is 2.32. The average molecular weight is 387 g/mol. The van der Waals surface area contributed by atoms with E-state index >= 15 is 0 Å². The zero-order valence-electron chi connectivity index (χ0n) is 16.2. The Hall–Kier alpha value is -2.68. The van der Waals surface area contributed by atoms with Gasteiger partial charge in [-0.3, -0.25) is 14.5 Å². The Balaban J connectivity index is 1.34. The minimum atomic E-state index is -0.502. The molecule has 0 bridgehead atoms. The number of carbonyl (C=O) groups excluding carboxylic acids is 2. The molecule has 150 valence electrons. The number of nitrogens with zero attached hydrogens (tertiary/aromatic N) is 4. The molecule has 2 amide bonds. The SMILES string of the molecule is Cc1cc(CN2CCC(c3ncc(C(=O)N4CCNC(=O)C4C)o3)CC2)on1. The molecule has 1 atom stereocenters. The van der Waals surface area contributed by atoms with Gasteiger partial charge in [0.1, 0.15) is 6.04 Å². The Morgan fingerprint density at radius 3 is 2.82 bits per heavy atom. The number of likely N-dealkylation sites (tertiary alicyclic amines) is 1. The summed E-state index contributed by atoms with van der Waals surface area (Å²) in [5, 5.41) is 6.68. The fourth-order valence-electron chi connectivity index (χ4n) is 3.83. The molecule has 0 radical (unpaired) electrons. The van der Waals surface area contributed by atoms with Gasteiger partial charge in [-0.25, -0.2) is 4.98 Å². The normalized spacial score (nSPS) is 21.7. The zero-order valence-corrected chi connectivity index (χ0v) is 16.2. The van der Waals surface area contributed by atoms with Crippen LogP contribution in [-0.2, 0) is 11.3 Å². The van der Waals surface area contributed by atoms with Crippen LogP contribution in [0.2, 0.25) is 0 Å². The molecule has 1 N–H and O–H groups in total. The molecule has 9 heteroatoms. The Bertz CT molecular complexity index is 852. The monoisotopic (exact) mass is 387 g/mol. The maximum Gasteiger partial charge on any atom is 0.292 e. The van der Waals surface area contributed by atoms with E-state index in [1.165, 1.54) is 11.1 Å². The minimum absolute atomic E-state index is 0.145. The molecular weight excluding hydrogens is 362 g/mol. The molecular formula is C19H25N5O4. The van der Waals surface area contributed by atoms with Gasteiger partial charge in [0.05, 0.1) is 18.4 Å². The first-order valence-corrected chi connectivity index (χ1v) is 9.70. The van der Waals surface area contributed by atoms with Gasteiger partial charge in [0.25, 0.3) is 5.91 Å². The summed E-state index contributed by atoms with van der Waals surface area (Å²) in [5.41, 5.74) is 0.891. The highest BCUT2D eigenvalue weighted by Crippen LogP contribution is 2.29. The van der Waals surface area contributed by atoms with Crippen molar-refractivity contribution in [1.29, 1.82) is 0 Å². The number of rotatable bonds is 4. The number of piperidine rings is 1. The van der Waals surface area contributed by atoms with Crippen LogP contribution in [-0.4, -0.2) is 64.0 Å². The summed E-state index contributed by atoms with van der Waals surface area (Å²) < 4.78 is 11.1. The van der Waals surface area contributed by atoms with Gasteiger partial charge in [0, 0.05) is 25.1 Å². The van der Waals surface area contributed by atoms with Crippen molar-refractivity contribution < 1.29 is 18.5 Å². The van der Waals surface area contributed by atoms with Crippen molar-refractivity contribution in [2.24, 2.45) is 0 Å². The third-order valence-electron chi connectivity index (χ3n) is 5.49. The summed E-state index contributed by atoms with van der Waals surface area (Å²) in [6, 6.07) is 1.46. The van der Waals surface area contributed by atoms with E-state index in [1.54, 1.807) is 6.92 Å². The van der Waals surface area contributed by atoms with Crippen LogP contribution in [0.1, 0.15) is 53.6 Å². The quantitative estimate of drug-likeness (QED) is 0.843. The number of piperazine rings is 1.